The summed E-state index contributed by atoms with van der Waals surface area (Å²) in [6.07, 6.45) is 7.50. The zero-order valence-corrected chi connectivity index (χ0v) is 14.5. The van der Waals surface area contributed by atoms with E-state index in [1.165, 1.54) is 37.8 Å². The SMILES string of the molecule is CC[C@@H]1Cc2c(F)cccc2CN1CC1CC2CCC(C1)N2C. The largest absolute Gasteiger partial charge is 0.300 e. The normalized spacial score (nSPS) is 34.6. The van der Waals surface area contributed by atoms with Crippen molar-refractivity contribution in [2.45, 2.75) is 70.1 Å². The molecule has 3 heterocycles. The van der Waals surface area contributed by atoms with Gasteiger partial charge in [0, 0.05) is 31.2 Å². The molecular weight excluding hydrogens is 287 g/mol. The number of rotatable bonds is 3. The number of hydrogen-bond acceptors (Lipinski definition) is 2. The van der Waals surface area contributed by atoms with Crippen molar-refractivity contribution in [3.05, 3.63) is 35.1 Å². The Bertz CT molecular complexity index is 559. The van der Waals surface area contributed by atoms with Crippen LogP contribution in [0.3, 0.4) is 0 Å². The van der Waals surface area contributed by atoms with E-state index < -0.39 is 0 Å². The van der Waals surface area contributed by atoms with Crippen LogP contribution in [0, 0.1) is 11.7 Å². The molecule has 3 heteroatoms. The summed E-state index contributed by atoms with van der Waals surface area (Å²) >= 11 is 0. The van der Waals surface area contributed by atoms with Crippen molar-refractivity contribution in [1.82, 2.24) is 9.80 Å². The molecule has 126 valence electrons. The molecule has 2 unspecified atom stereocenters. The minimum atomic E-state index is -0.00191. The van der Waals surface area contributed by atoms with Crippen molar-refractivity contribution in [3.8, 4) is 0 Å². The second kappa shape index (κ2) is 6.18. The summed E-state index contributed by atoms with van der Waals surface area (Å²) in [4.78, 5) is 5.27. The molecule has 0 saturated carbocycles. The van der Waals surface area contributed by atoms with E-state index in [9.17, 15) is 4.39 Å². The first-order valence-electron chi connectivity index (χ1n) is 9.38. The third kappa shape index (κ3) is 2.83. The molecule has 0 aromatic heterocycles. The molecule has 1 aromatic carbocycles. The van der Waals surface area contributed by atoms with Crippen LogP contribution in [0.2, 0.25) is 0 Å². The van der Waals surface area contributed by atoms with Gasteiger partial charge in [0.25, 0.3) is 0 Å². The van der Waals surface area contributed by atoms with Crippen molar-refractivity contribution in [3.63, 3.8) is 0 Å². The summed E-state index contributed by atoms with van der Waals surface area (Å²) in [6, 6.07) is 7.75. The van der Waals surface area contributed by atoms with Crippen LogP contribution in [0.4, 0.5) is 4.39 Å². The Morgan fingerprint density at radius 2 is 1.91 bits per heavy atom. The molecule has 0 spiro atoms. The number of benzene rings is 1. The summed E-state index contributed by atoms with van der Waals surface area (Å²) in [6.45, 7) is 4.39. The molecule has 4 rings (SSSR count). The molecule has 0 N–H and O–H groups in total. The zero-order valence-electron chi connectivity index (χ0n) is 14.5. The maximum absolute atomic E-state index is 14.1. The van der Waals surface area contributed by atoms with E-state index in [0.29, 0.717) is 6.04 Å². The predicted octanol–water partition coefficient (Wildman–Crippen LogP) is 3.84. The minimum Gasteiger partial charge on any atom is -0.300 e. The monoisotopic (exact) mass is 316 g/mol. The first-order valence-corrected chi connectivity index (χ1v) is 9.38. The van der Waals surface area contributed by atoms with Gasteiger partial charge in [-0.05, 0) is 68.7 Å². The van der Waals surface area contributed by atoms with Crippen LogP contribution in [0.5, 0.6) is 0 Å². The lowest BCUT2D eigenvalue weighted by Crippen LogP contribution is -2.47. The van der Waals surface area contributed by atoms with E-state index >= 15 is 0 Å². The lowest BCUT2D eigenvalue weighted by molar-refractivity contribution is 0.0780. The van der Waals surface area contributed by atoms with Crippen molar-refractivity contribution < 1.29 is 4.39 Å². The Hall–Kier alpha value is -0.930. The van der Waals surface area contributed by atoms with Crippen molar-refractivity contribution in [1.29, 1.82) is 0 Å². The van der Waals surface area contributed by atoms with Crippen molar-refractivity contribution in [2.75, 3.05) is 13.6 Å². The Labute approximate surface area is 139 Å². The zero-order chi connectivity index (χ0) is 16.0. The standard InChI is InChI=1S/C20H29FN2/c1-3-16-11-19-15(5-4-6-20(19)21)13-23(16)12-14-9-17-7-8-18(10-14)22(17)2/h4-6,14,16-18H,3,7-13H2,1-2H3/t14?,16-,17?,18?/m1/s1. The second-order valence-corrected chi connectivity index (χ2v) is 7.96. The first kappa shape index (κ1) is 15.6. The van der Waals surface area contributed by atoms with Gasteiger partial charge in [-0.3, -0.25) is 4.90 Å². The molecule has 3 aliphatic heterocycles. The molecule has 23 heavy (non-hydrogen) atoms. The smallest absolute Gasteiger partial charge is 0.126 e. The number of fused-ring (bicyclic) bond motifs is 3. The molecule has 2 nitrogen and oxygen atoms in total. The molecule has 3 atom stereocenters. The lowest BCUT2D eigenvalue weighted by atomic mass is 9.87. The molecule has 2 saturated heterocycles. The number of nitrogens with zero attached hydrogens (tertiary/aromatic N) is 2. The van der Waals surface area contributed by atoms with E-state index in [1.54, 1.807) is 6.07 Å². The summed E-state index contributed by atoms with van der Waals surface area (Å²) < 4.78 is 14.1. The van der Waals surface area contributed by atoms with E-state index in [0.717, 1.165) is 43.0 Å². The van der Waals surface area contributed by atoms with Crippen LogP contribution < -0.4 is 0 Å². The van der Waals surface area contributed by atoms with Gasteiger partial charge in [-0.1, -0.05) is 19.1 Å². The van der Waals surface area contributed by atoms with E-state index in [-0.39, 0.29) is 5.82 Å². The second-order valence-electron chi connectivity index (χ2n) is 7.96. The van der Waals surface area contributed by atoms with E-state index in [4.69, 9.17) is 0 Å². The predicted molar refractivity (Wildman–Crippen MR) is 91.9 cm³/mol. The van der Waals surface area contributed by atoms with Crippen LogP contribution in [0.1, 0.15) is 50.2 Å². The fraction of sp³-hybridized carbons (Fsp3) is 0.700. The van der Waals surface area contributed by atoms with Gasteiger partial charge in [-0.25, -0.2) is 4.39 Å². The first-order chi connectivity index (χ1) is 11.2. The van der Waals surface area contributed by atoms with Gasteiger partial charge in [-0.15, -0.1) is 0 Å². The topological polar surface area (TPSA) is 6.48 Å². The maximum Gasteiger partial charge on any atom is 0.126 e. The Morgan fingerprint density at radius 3 is 2.61 bits per heavy atom. The molecule has 0 aliphatic carbocycles. The highest BCUT2D eigenvalue weighted by Crippen LogP contribution is 2.38. The molecule has 0 radical (unpaired) electrons. The summed E-state index contributed by atoms with van der Waals surface area (Å²) in [5.41, 5.74) is 2.18. The van der Waals surface area contributed by atoms with Gasteiger partial charge < -0.3 is 4.90 Å². The van der Waals surface area contributed by atoms with Gasteiger partial charge in [-0.2, -0.15) is 0 Å². The number of halogens is 1. The fourth-order valence-electron chi connectivity index (χ4n) is 5.31. The van der Waals surface area contributed by atoms with Gasteiger partial charge in [0.15, 0.2) is 0 Å². The third-order valence-electron chi connectivity index (χ3n) is 6.71. The molecule has 0 amide bonds. The Kier molecular flexibility index (Phi) is 4.19. The molecular formula is C20H29FN2. The average Bonchev–Trinajstić information content (AvgIpc) is 2.76. The van der Waals surface area contributed by atoms with Gasteiger partial charge in [0.05, 0.1) is 0 Å². The van der Waals surface area contributed by atoms with Crippen molar-refractivity contribution >= 4 is 0 Å². The molecule has 2 bridgehead atoms. The Balaban J connectivity index is 1.48. The van der Waals surface area contributed by atoms with Crippen LogP contribution >= 0.6 is 0 Å². The third-order valence-corrected chi connectivity index (χ3v) is 6.71. The summed E-state index contributed by atoms with van der Waals surface area (Å²) in [7, 11) is 2.31. The van der Waals surface area contributed by atoms with E-state index in [2.05, 4.69) is 29.8 Å². The maximum atomic E-state index is 14.1. The molecule has 1 aromatic rings. The van der Waals surface area contributed by atoms with Crippen LogP contribution in [-0.4, -0.2) is 41.5 Å². The summed E-state index contributed by atoms with van der Waals surface area (Å²) in [5, 5.41) is 0. The Morgan fingerprint density at radius 1 is 1.17 bits per heavy atom. The van der Waals surface area contributed by atoms with Crippen LogP contribution in [0.15, 0.2) is 18.2 Å². The van der Waals surface area contributed by atoms with Crippen LogP contribution in [-0.2, 0) is 13.0 Å². The average molecular weight is 316 g/mol. The quantitative estimate of drug-likeness (QED) is 0.836. The van der Waals surface area contributed by atoms with Crippen molar-refractivity contribution in [2.24, 2.45) is 5.92 Å². The highest BCUT2D eigenvalue weighted by Gasteiger charge is 2.39. The van der Waals surface area contributed by atoms with Gasteiger partial charge in [0.1, 0.15) is 5.82 Å². The molecule has 2 fully saturated rings. The summed E-state index contributed by atoms with van der Waals surface area (Å²) in [5.74, 6) is 0.825. The fourth-order valence-corrected chi connectivity index (χ4v) is 5.31. The molecule has 3 aliphatic rings. The minimum absolute atomic E-state index is 0.00191. The number of piperidine rings is 1. The lowest BCUT2D eigenvalue weighted by Gasteiger charge is -2.42. The van der Waals surface area contributed by atoms with Gasteiger partial charge in [0.2, 0.25) is 0 Å². The van der Waals surface area contributed by atoms with Crippen LogP contribution in [0.25, 0.3) is 0 Å². The highest BCUT2D eigenvalue weighted by molar-refractivity contribution is 5.31. The van der Waals surface area contributed by atoms with E-state index in [1.807, 2.05) is 6.07 Å². The van der Waals surface area contributed by atoms with Gasteiger partial charge >= 0.3 is 0 Å². The number of hydrogen-bond donors (Lipinski definition) is 0. The highest BCUT2D eigenvalue weighted by atomic mass is 19.1.